The van der Waals surface area contributed by atoms with Gasteiger partial charge in [0, 0.05) is 25.1 Å². The minimum atomic E-state index is -3.77. The maximum Gasteiger partial charge on any atom is 0.244 e. The van der Waals surface area contributed by atoms with E-state index in [1.54, 1.807) is 24.3 Å². The van der Waals surface area contributed by atoms with Gasteiger partial charge in [-0.1, -0.05) is 25.1 Å². The number of pyridine rings is 1. The van der Waals surface area contributed by atoms with Crippen LogP contribution in [0.25, 0.3) is 0 Å². The first-order valence-corrected chi connectivity index (χ1v) is 16.5. The number of halogens is 1. The van der Waals surface area contributed by atoms with Crippen LogP contribution in [-0.2, 0) is 29.4 Å². The minimum Gasteiger partial charge on any atom is -0.505 e. The number of sulfonamides is 1. The minimum absolute atomic E-state index is 0.0415. The van der Waals surface area contributed by atoms with Gasteiger partial charge in [0.25, 0.3) is 0 Å². The van der Waals surface area contributed by atoms with Gasteiger partial charge in [-0.15, -0.1) is 0 Å². The molecule has 2 fully saturated rings. The van der Waals surface area contributed by atoms with Gasteiger partial charge < -0.3 is 14.8 Å². The Hall–Kier alpha value is -3.84. The van der Waals surface area contributed by atoms with Crippen LogP contribution in [0.3, 0.4) is 0 Å². The zero-order valence-corrected chi connectivity index (χ0v) is 25.1. The molecule has 2 aromatic heterocycles. The van der Waals surface area contributed by atoms with E-state index in [1.807, 2.05) is 25.1 Å². The van der Waals surface area contributed by atoms with Crippen LogP contribution < -0.4 is 15.6 Å². The fraction of sp³-hybridized carbons (Fsp3) is 0.375. The van der Waals surface area contributed by atoms with Crippen LogP contribution in [0.4, 0.5) is 4.39 Å². The molecule has 3 aliphatic rings. The lowest BCUT2D eigenvalue weighted by molar-refractivity contribution is 0.276. The average molecular weight is 619 g/mol. The van der Waals surface area contributed by atoms with Gasteiger partial charge in [-0.25, -0.2) is 28.2 Å². The van der Waals surface area contributed by atoms with E-state index in [-0.39, 0.29) is 41.1 Å². The van der Waals surface area contributed by atoms with Crippen molar-refractivity contribution < 1.29 is 22.7 Å². The summed E-state index contributed by atoms with van der Waals surface area (Å²) in [7, 11) is -3.77. The molecule has 4 unspecified atom stereocenters. The van der Waals surface area contributed by atoms with Crippen molar-refractivity contribution in [2.24, 2.45) is 5.92 Å². The van der Waals surface area contributed by atoms with Crippen LogP contribution in [0.1, 0.15) is 66.5 Å². The fourth-order valence-corrected chi connectivity index (χ4v) is 8.26. The largest absolute Gasteiger partial charge is 0.505 e. The van der Waals surface area contributed by atoms with E-state index in [9.17, 15) is 17.9 Å². The number of aryl methyl sites for hydroxylation is 1. The van der Waals surface area contributed by atoms with Crippen molar-refractivity contribution in [1.82, 2.24) is 30.1 Å². The molecule has 2 aliphatic heterocycles. The number of nitrogens with zero attached hydrogens (tertiary/aromatic N) is 3. The predicted octanol–water partition coefficient (Wildman–Crippen LogP) is 4.85. The summed E-state index contributed by atoms with van der Waals surface area (Å²) in [6.07, 6.45) is 5.26. The molecule has 0 bridgehead atoms. The molecule has 1 saturated heterocycles. The molecule has 12 heteroatoms. The Bertz CT molecular complexity index is 1770. The maximum atomic E-state index is 14.3. The van der Waals surface area contributed by atoms with Crippen molar-refractivity contribution >= 4 is 10.0 Å². The third-order valence-electron chi connectivity index (χ3n) is 9.21. The van der Waals surface area contributed by atoms with E-state index in [1.165, 1.54) is 22.6 Å². The highest BCUT2D eigenvalue weighted by Gasteiger charge is 2.43. The number of aromatic amines is 1. The van der Waals surface area contributed by atoms with Crippen molar-refractivity contribution in [2.75, 3.05) is 6.54 Å². The second-order valence-electron chi connectivity index (χ2n) is 11.8. The van der Waals surface area contributed by atoms with Gasteiger partial charge in [0.1, 0.15) is 16.5 Å². The Morgan fingerprint density at radius 3 is 2.73 bits per heavy atom. The number of benzene rings is 2. The number of nitrogens with one attached hydrogen (secondary N) is 3. The van der Waals surface area contributed by atoms with Gasteiger partial charge in [-0.3, -0.25) is 5.43 Å². The molecule has 230 valence electrons. The number of hydrogen-bond donors (Lipinski definition) is 4. The van der Waals surface area contributed by atoms with Crippen LogP contribution in [-0.4, -0.2) is 45.4 Å². The monoisotopic (exact) mass is 618 g/mol. The van der Waals surface area contributed by atoms with Crippen LogP contribution in [0.2, 0.25) is 0 Å². The zero-order valence-electron chi connectivity index (χ0n) is 24.3. The summed E-state index contributed by atoms with van der Waals surface area (Å²) >= 11 is 0. The number of ether oxygens (including phenoxy) is 1. The maximum absolute atomic E-state index is 14.3. The Labute approximate surface area is 255 Å². The second kappa shape index (κ2) is 11.6. The molecule has 44 heavy (non-hydrogen) atoms. The van der Waals surface area contributed by atoms with E-state index in [4.69, 9.17) is 9.72 Å². The van der Waals surface area contributed by atoms with Gasteiger partial charge in [-0.05, 0) is 79.0 Å². The molecule has 7 rings (SSSR count). The van der Waals surface area contributed by atoms with Crippen LogP contribution in [0.15, 0.2) is 65.7 Å². The first-order chi connectivity index (χ1) is 21.3. The van der Waals surface area contributed by atoms with Crippen LogP contribution >= 0.6 is 0 Å². The summed E-state index contributed by atoms with van der Waals surface area (Å²) in [6.45, 7) is 2.55. The zero-order chi connectivity index (χ0) is 30.4. The fourth-order valence-electron chi connectivity index (χ4n) is 6.90. The lowest BCUT2D eigenvalue weighted by Gasteiger charge is -2.33. The number of rotatable bonds is 7. The highest BCUT2D eigenvalue weighted by atomic mass is 32.2. The van der Waals surface area contributed by atoms with E-state index >= 15 is 0 Å². The highest BCUT2D eigenvalue weighted by molar-refractivity contribution is 7.89. The molecular weight excluding hydrogens is 583 g/mol. The lowest BCUT2D eigenvalue weighted by Crippen LogP contribution is -2.36. The summed E-state index contributed by atoms with van der Waals surface area (Å²) in [6, 6.07) is 15.5. The molecule has 0 spiro atoms. The van der Waals surface area contributed by atoms with E-state index in [2.05, 4.69) is 20.8 Å². The topological polar surface area (TPSA) is 132 Å². The number of para-hydroxylation sites is 1. The predicted molar refractivity (Wildman–Crippen MR) is 161 cm³/mol. The number of H-pyrrole nitrogens is 1. The first kappa shape index (κ1) is 28.9. The van der Waals surface area contributed by atoms with E-state index < -0.39 is 15.8 Å². The number of aromatic hydroxyl groups is 1. The summed E-state index contributed by atoms with van der Waals surface area (Å²) in [5.41, 5.74) is 10.5. The molecule has 2 aromatic carbocycles. The molecule has 4 atom stereocenters. The molecule has 4 N–H and O–H groups in total. The Morgan fingerprint density at radius 1 is 1.11 bits per heavy atom. The third-order valence-corrected chi connectivity index (χ3v) is 11.0. The van der Waals surface area contributed by atoms with Gasteiger partial charge in [0.05, 0.1) is 30.2 Å². The summed E-state index contributed by atoms with van der Waals surface area (Å²) < 4.78 is 48.4. The number of phenolic OH excluding ortho intramolecular Hbond substituents is 1. The normalized spacial score (nSPS) is 23.7. The smallest absolute Gasteiger partial charge is 0.244 e. The van der Waals surface area contributed by atoms with Crippen molar-refractivity contribution in [3.05, 3.63) is 95.0 Å². The van der Waals surface area contributed by atoms with E-state index in [0.29, 0.717) is 24.6 Å². The Balaban J connectivity index is 1.02. The summed E-state index contributed by atoms with van der Waals surface area (Å²) in [5.74, 6) is 1.37. The quantitative estimate of drug-likeness (QED) is 0.231. The van der Waals surface area contributed by atoms with Gasteiger partial charge in [0.2, 0.25) is 15.9 Å². The standard InChI is InChI=1S/C32H35FN6O4S/c1-2-19-15-29(40)25(33)16-24(19)20-8-10-23-27(14-20)37-38-31(23)32-35-26-12-13-39(18-28(26)36-32)44(41,42)22-9-11-30(34-17-22)43-21-6-4-3-5-7-21/h3-7,9,11,15-17,20,23,27,31,37-38,40H,2,8,10,12-14,18H2,1H3,(H,35,36). The number of fused-ring (bicyclic) bond motifs is 2. The Kier molecular flexibility index (Phi) is 7.61. The van der Waals surface area contributed by atoms with Crippen molar-refractivity contribution in [3.8, 4) is 17.4 Å². The number of phenols is 1. The molecule has 4 aromatic rings. The van der Waals surface area contributed by atoms with Gasteiger partial charge >= 0.3 is 0 Å². The molecule has 0 radical (unpaired) electrons. The molecule has 4 heterocycles. The summed E-state index contributed by atoms with van der Waals surface area (Å²) in [5, 5.41) is 9.86. The molecule has 1 saturated carbocycles. The lowest BCUT2D eigenvalue weighted by atomic mass is 9.73. The van der Waals surface area contributed by atoms with Crippen molar-refractivity contribution in [2.45, 2.75) is 68.5 Å². The average Bonchev–Trinajstić information content (AvgIpc) is 3.66. The number of imidazole rings is 1. The van der Waals surface area contributed by atoms with Gasteiger partial charge in [0.15, 0.2) is 11.6 Å². The molecule has 0 amide bonds. The third kappa shape index (κ3) is 5.36. The molecular formula is C32H35FN6O4S. The number of aromatic nitrogens is 3. The number of hydrogen-bond acceptors (Lipinski definition) is 8. The highest BCUT2D eigenvalue weighted by Crippen LogP contribution is 2.44. The molecule has 1 aliphatic carbocycles. The summed E-state index contributed by atoms with van der Waals surface area (Å²) in [4.78, 5) is 12.7. The van der Waals surface area contributed by atoms with Crippen molar-refractivity contribution in [3.63, 3.8) is 0 Å². The van der Waals surface area contributed by atoms with Crippen molar-refractivity contribution in [1.29, 1.82) is 0 Å². The number of hydrazine groups is 1. The van der Waals surface area contributed by atoms with Gasteiger partial charge in [-0.2, -0.15) is 4.31 Å². The second-order valence-corrected chi connectivity index (χ2v) is 13.7. The SMILES string of the molecule is CCc1cc(O)c(F)cc1C1CCC2C(C1)NNC2c1nc2c([nH]1)CN(S(=O)(=O)c1ccc(Oc3ccccc3)nc1)CC2. The van der Waals surface area contributed by atoms with E-state index in [0.717, 1.165) is 54.0 Å². The molecule has 10 nitrogen and oxygen atoms in total. The Morgan fingerprint density at radius 2 is 1.95 bits per heavy atom. The first-order valence-electron chi connectivity index (χ1n) is 15.1. The van der Waals surface area contributed by atoms with Crippen LogP contribution in [0.5, 0.6) is 17.4 Å². The van der Waals surface area contributed by atoms with Crippen LogP contribution in [0, 0.1) is 11.7 Å².